The normalized spacial score (nSPS) is 11.7. The Bertz CT molecular complexity index is 403. The first-order chi connectivity index (χ1) is 8.02. The van der Waals surface area contributed by atoms with E-state index >= 15 is 0 Å². The molecule has 1 unspecified atom stereocenters. The lowest BCUT2D eigenvalue weighted by molar-refractivity contribution is -0.120. The van der Waals surface area contributed by atoms with Crippen LogP contribution in [-0.2, 0) is 4.79 Å². The van der Waals surface area contributed by atoms with E-state index in [2.05, 4.69) is 10.6 Å². The molecule has 17 heavy (non-hydrogen) atoms. The molecule has 1 aromatic carbocycles. The molecule has 0 saturated heterocycles. The molecule has 0 bridgehead atoms. The number of amides is 2. The molecule has 1 atom stereocenters. The Morgan fingerprint density at radius 1 is 1.29 bits per heavy atom. The van der Waals surface area contributed by atoms with Crippen LogP contribution in [0.1, 0.15) is 20.3 Å². The summed E-state index contributed by atoms with van der Waals surface area (Å²) >= 11 is 0. The fraction of sp³-hybridized carbons (Fsp3) is 0.333. The van der Waals surface area contributed by atoms with Crippen molar-refractivity contribution in [1.82, 2.24) is 5.32 Å². The minimum absolute atomic E-state index is 0.0424. The van der Waals surface area contributed by atoms with Crippen molar-refractivity contribution in [3.8, 4) is 0 Å². The minimum Gasteiger partial charge on any atom is -0.328 e. The number of carbonyl (C=O) groups is 2. The van der Waals surface area contributed by atoms with E-state index in [0.717, 1.165) is 0 Å². The first-order valence-electron chi connectivity index (χ1n) is 5.38. The van der Waals surface area contributed by atoms with Crippen molar-refractivity contribution in [3.05, 3.63) is 30.1 Å². The Balaban J connectivity index is 2.50. The van der Waals surface area contributed by atoms with Gasteiger partial charge in [0.25, 0.3) is 0 Å². The van der Waals surface area contributed by atoms with Crippen LogP contribution in [-0.4, -0.2) is 17.9 Å². The van der Waals surface area contributed by atoms with Gasteiger partial charge in [-0.15, -0.1) is 0 Å². The van der Waals surface area contributed by atoms with Crippen LogP contribution >= 0.6 is 0 Å². The number of nitrogens with one attached hydrogen (secondary N) is 2. The first-order valence-corrected chi connectivity index (χ1v) is 5.38. The van der Waals surface area contributed by atoms with Gasteiger partial charge in [-0.25, -0.2) is 9.18 Å². The SMILES string of the molecule is CCC(=O)C(C)NC(=O)Nc1ccc(F)cc1. The highest BCUT2D eigenvalue weighted by molar-refractivity contribution is 5.94. The standard InChI is InChI=1S/C12H15FN2O2/c1-3-11(16)8(2)14-12(17)15-10-6-4-9(13)5-7-10/h4-8H,3H2,1-2H3,(H2,14,15,17). The molecule has 2 amide bonds. The predicted octanol–water partition coefficient (Wildman–Crippen LogP) is 2.31. The van der Waals surface area contributed by atoms with Crippen molar-refractivity contribution in [3.63, 3.8) is 0 Å². The van der Waals surface area contributed by atoms with E-state index in [1.54, 1.807) is 13.8 Å². The quantitative estimate of drug-likeness (QED) is 0.845. The monoisotopic (exact) mass is 238 g/mol. The molecule has 0 aliphatic carbocycles. The highest BCUT2D eigenvalue weighted by Crippen LogP contribution is 2.07. The third-order valence-corrected chi connectivity index (χ3v) is 2.28. The van der Waals surface area contributed by atoms with Crippen LogP contribution in [0.4, 0.5) is 14.9 Å². The number of urea groups is 1. The van der Waals surface area contributed by atoms with Crippen molar-refractivity contribution < 1.29 is 14.0 Å². The molecule has 0 fully saturated rings. The van der Waals surface area contributed by atoms with Crippen molar-refractivity contribution in [2.24, 2.45) is 0 Å². The highest BCUT2D eigenvalue weighted by Gasteiger charge is 2.13. The highest BCUT2D eigenvalue weighted by atomic mass is 19.1. The fourth-order valence-electron chi connectivity index (χ4n) is 1.28. The number of Topliss-reactive ketones (excluding diaryl/α,β-unsaturated/α-hetero) is 1. The number of carbonyl (C=O) groups excluding carboxylic acids is 2. The third-order valence-electron chi connectivity index (χ3n) is 2.28. The van der Waals surface area contributed by atoms with Gasteiger partial charge in [0.05, 0.1) is 6.04 Å². The maximum atomic E-state index is 12.6. The first kappa shape index (κ1) is 13.2. The Labute approximate surface area is 99.2 Å². The zero-order chi connectivity index (χ0) is 12.8. The number of halogens is 1. The van der Waals surface area contributed by atoms with Crippen LogP contribution in [0.5, 0.6) is 0 Å². The van der Waals surface area contributed by atoms with E-state index in [1.807, 2.05) is 0 Å². The van der Waals surface area contributed by atoms with Crippen molar-refractivity contribution >= 4 is 17.5 Å². The molecule has 1 rings (SSSR count). The van der Waals surface area contributed by atoms with Crippen LogP contribution in [0, 0.1) is 5.82 Å². The van der Waals surface area contributed by atoms with Crippen LogP contribution in [0.3, 0.4) is 0 Å². The molecule has 0 aromatic heterocycles. The number of rotatable bonds is 4. The van der Waals surface area contributed by atoms with Crippen molar-refractivity contribution in [1.29, 1.82) is 0 Å². The number of ketones is 1. The Kier molecular flexibility index (Phi) is 4.63. The average molecular weight is 238 g/mol. The van der Waals surface area contributed by atoms with Crippen LogP contribution < -0.4 is 10.6 Å². The largest absolute Gasteiger partial charge is 0.328 e. The summed E-state index contributed by atoms with van der Waals surface area (Å²) in [6, 6.07) is 4.38. The third kappa shape index (κ3) is 4.22. The Hall–Kier alpha value is -1.91. The molecule has 4 nitrogen and oxygen atoms in total. The van der Waals surface area contributed by atoms with E-state index < -0.39 is 12.1 Å². The molecule has 92 valence electrons. The fourth-order valence-corrected chi connectivity index (χ4v) is 1.28. The van der Waals surface area contributed by atoms with Gasteiger partial charge in [-0.2, -0.15) is 0 Å². The summed E-state index contributed by atoms with van der Waals surface area (Å²) in [6.45, 7) is 3.36. The molecule has 0 heterocycles. The molecule has 5 heteroatoms. The zero-order valence-corrected chi connectivity index (χ0v) is 9.79. The van der Waals surface area contributed by atoms with E-state index in [0.29, 0.717) is 12.1 Å². The van der Waals surface area contributed by atoms with Gasteiger partial charge in [0.1, 0.15) is 5.82 Å². The van der Waals surface area contributed by atoms with Gasteiger partial charge >= 0.3 is 6.03 Å². The summed E-state index contributed by atoms with van der Waals surface area (Å²) in [5, 5.41) is 5.01. The second-order valence-electron chi connectivity index (χ2n) is 3.65. The summed E-state index contributed by atoms with van der Waals surface area (Å²) in [5.74, 6) is -0.412. The van der Waals surface area contributed by atoms with E-state index in [1.165, 1.54) is 24.3 Å². The van der Waals surface area contributed by atoms with Gasteiger partial charge in [-0.1, -0.05) is 6.92 Å². The maximum absolute atomic E-state index is 12.6. The second kappa shape index (κ2) is 5.98. The molecule has 0 saturated carbocycles. The molecule has 2 N–H and O–H groups in total. The van der Waals surface area contributed by atoms with Gasteiger partial charge in [0.15, 0.2) is 5.78 Å². The summed E-state index contributed by atoms with van der Waals surface area (Å²) in [6.07, 6.45) is 0.373. The molecular formula is C12H15FN2O2. The van der Waals surface area contributed by atoms with Gasteiger partial charge < -0.3 is 10.6 Å². The summed E-state index contributed by atoms with van der Waals surface area (Å²) < 4.78 is 12.6. The smallest absolute Gasteiger partial charge is 0.319 e. The van der Waals surface area contributed by atoms with Gasteiger partial charge in [-0.3, -0.25) is 4.79 Å². The van der Waals surface area contributed by atoms with Crippen LogP contribution in [0.25, 0.3) is 0 Å². The minimum atomic E-state index is -0.527. The number of anilines is 1. The lowest BCUT2D eigenvalue weighted by Crippen LogP contribution is -2.40. The second-order valence-corrected chi connectivity index (χ2v) is 3.65. The molecule has 0 aliphatic heterocycles. The van der Waals surface area contributed by atoms with Gasteiger partial charge in [0, 0.05) is 12.1 Å². The lowest BCUT2D eigenvalue weighted by Gasteiger charge is -2.12. The molecule has 1 aromatic rings. The zero-order valence-electron chi connectivity index (χ0n) is 9.79. The summed E-state index contributed by atoms with van der Waals surface area (Å²) in [5.41, 5.74) is 0.472. The molecule has 0 radical (unpaired) electrons. The summed E-state index contributed by atoms with van der Waals surface area (Å²) in [4.78, 5) is 22.7. The van der Waals surface area contributed by atoms with E-state index in [-0.39, 0.29) is 11.6 Å². The molecule has 0 spiro atoms. The topological polar surface area (TPSA) is 58.2 Å². The van der Waals surface area contributed by atoms with E-state index in [9.17, 15) is 14.0 Å². The Morgan fingerprint density at radius 2 is 1.88 bits per heavy atom. The Morgan fingerprint density at radius 3 is 2.41 bits per heavy atom. The van der Waals surface area contributed by atoms with Crippen LogP contribution in [0.15, 0.2) is 24.3 Å². The molecular weight excluding hydrogens is 223 g/mol. The van der Waals surface area contributed by atoms with Crippen LogP contribution in [0.2, 0.25) is 0 Å². The van der Waals surface area contributed by atoms with Crippen molar-refractivity contribution in [2.45, 2.75) is 26.3 Å². The van der Waals surface area contributed by atoms with Crippen molar-refractivity contribution in [2.75, 3.05) is 5.32 Å². The lowest BCUT2D eigenvalue weighted by atomic mass is 10.2. The molecule has 0 aliphatic rings. The maximum Gasteiger partial charge on any atom is 0.319 e. The average Bonchev–Trinajstić information content (AvgIpc) is 2.30. The summed E-state index contributed by atoms with van der Waals surface area (Å²) in [7, 11) is 0. The predicted molar refractivity (Wildman–Crippen MR) is 63.3 cm³/mol. The number of benzene rings is 1. The number of hydrogen-bond donors (Lipinski definition) is 2. The number of hydrogen-bond acceptors (Lipinski definition) is 2. The van der Waals surface area contributed by atoms with Gasteiger partial charge in [-0.05, 0) is 31.2 Å². The van der Waals surface area contributed by atoms with Gasteiger partial charge in [0.2, 0.25) is 0 Å². The van der Waals surface area contributed by atoms with E-state index in [4.69, 9.17) is 0 Å².